The quantitative estimate of drug-likeness (QED) is 0.317. The number of hydrogen-bond donors (Lipinski definition) is 1. The van der Waals surface area contributed by atoms with Gasteiger partial charge < -0.3 is 19.3 Å². The van der Waals surface area contributed by atoms with E-state index in [4.69, 9.17) is 14.2 Å². The van der Waals surface area contributed by atoms with E-state index in [1.165, 1.54) is 37.6 Å². The molecule has 176 valence electrons. The largest absolute Gasteiger partial charge is 0.507 e. The maximum atomic E-state index is 13.3. The van der Waals surface area contributed by atoms with Crippen molar-refractivity contribution >= 4 is 33.9 Å². The van der Waals surface area contributed by atoms with Gasteiger partial charge in [0.1, 0.15) is 17.6 Å². The Bertz CT molecular complexity index is 1280. The van der Waals surface area contributed by atoms with E-state index in [0.717, 1.165) is 10.6 Å². The van der Waals surface area contributed by atoms with E-state index < -0.39 is 17.7 Å². The van der Waals surface area contributed by atoms with E-state index in [1.807, 2.05) is 13.8 Å². The summed E-state index contributed by atoms with van der Waals surface area (Å²) >= 11 is 1.30. The Morgan fingerprint density at radius 3 is 2.26 bits per heavy atom. The van der Waals surface area contributed by atoms with Gasteiger partial charge in [-0.15, -0.1) is 11.3 Å². The van der Waals surface area contributed by atoms with Crippen LogP contribution in [0.5, 0.6) is 17.2 Å². The lowest BCUT2D eigenvalue weighted by molar-refractivity contribution is -0.132. The molecule has 2 heterocycles. The van der Waals surface area contributed by atoms with Crippen LogP contribution in [0.3, 0.4) is 0 Å². The highest BCUT2D eigenvalue weighted by atomic mass is 32.1. The van der Waals surface area contributed by atoms with Crippen LogP contribution in [-0.4, -0.2) is 43.1 Å². The summed E-state index contributed by atoms with van der Waals surface area (Å²) in [6.45, 7) is 3.73. The van der Waals surface area contributed by atoms with Crippen LogP contribution in [0, 0.1) is 13.8 Å². The van der Waals surface area contributed by atoms with Crippen LogP contribution in [0.2, 0.25) is 0 Å². The van der Waals surface area contributed by atoms with Crippen LogP contribution >= 0.6 is 11.3 Å². The first-order valence-electron chi connectivity index (χ1n) is 10.4. The van der Waals surface area contributed by atoms with Gasteiger partial charge in [0, 0.05) is 16.0 Å². The second-order valence-corrected chi connectivity index (χ2v) is 8.80. The van der Waals surface area contributed by atoms with Crippen LogP contribution in [0.15, 0.2) is 48.0 Å². The summed E-state index contributed by atoms with van der Waals surface area (Å²) in [7, 11) is 4.52. The summed E-state index contributed by atoms with van der Waals surface area (Å²) in [5.74, 6) is -0.512. The Morgan fingerprint density at radius 1 is 1.00 bits per heavy atom. The molecule has 0 bridgehead atoms. The van der Waals surface area contributed by atoms with Gasteiger partial charge in [0.15, 0.2) is 16.6 Å². The average molecular weight is 481 g/mol. The molecule has 2 aromatic carbocycles. The van der Waals surface area contributed by atoms with Gasteiger partial charge in [-0.2, -0.15) is 0 Å². The highest BCUT2D eigenvalue weighted by Crippen LogP contribution is 2.48. The second kappa shape index (κ2) is 9.18. The van der Waals surface area contributed by atoms with E-state index >= 15 is 0 Å². The summed E-state index contributed by atoms with van der Waals surface area (Å²) in [6.07, 6.45) is 0. The van der Waals surface area contributed by atoms with Crippen LogP contribution in [0.25, 0.3) is 5.76 Å². The number of Topliss-reactive ketones (excluding diaryl/α,β-unsaturated/α-hetero) is 1. The molecule has 8 nitrogen and oxygen atoms in total. The molecule has 0 aliphatic carbocycles. The molecule has 1 aliphatic rings. The molecular formula is C25H24N2O6S. The standard InChI is InChI=1S/C25H24N2O6S/c1-13-14(2)34-25(26-13)27-20(17-7-6-8-18(32-4)23(17)33-5)19(22(29)24(27)30)21(28)15-9-11-16(31-3)12-10-15/h6-12,20,28H,1-5H3/t20-/m1/s1. The molecule has 1 fully saturated rings. The molecule has 1 aromatic heterocycles. The predicted molar refractivity (Wildman–Crippen MR) is 129 cm³/mol. The summed E-state index contributed by atoms with van der Waals surface area (Å²) in [6, 6.07) is 10.8. The van der Waals surface area contributed by atoms with Crippen molar-refractivity contribution in [2.45, 2.75) is 19.9 Å². The van der Waals surface area contributed by atoms with E-state index in [-0.39, 0.29) is 11.3 Å². The van der Waals surface area contributed by atoms with Crippen molar-refractivity contribution in [1.82, 2.24) is 4.98 Å². The Kier molecular flexibility index (Phi) is 6.30. The third-order valence-electron chi connectivity index (χ3n) is 5.76. The highest BCUT2D eigenvalue weighted by molar-refractivity contribution is 7.16. The molecule has 0 unspecified atom stereocenters. The number of ketones is 1. The number of methoxy groups -OCH3 is 3. The Labute approximate surface area is 201 Å². The third kappa shape index (κ3) is 3.77. The molecule has 34 heavy (non-hydrogen) atoms. The molecule has 4 rings (SSSR count). The number of aromatic nitrogens is 1. The van der Waals surface area contributed by atoms with Gasteiger partial charge in [-0.25, -0.2) is 4.98 Å². The van der Waals surface area contributed by atoms with Crippen molar-refractivity contribution in [3.8, 4) is 17.2 Å². The van der Waals surface area contributed by atoms with E-state index in [9.17, 15) is 14.7 Å². The molecule has 0 radical (unpaired) electrons. The number of rotatable bonds is 6. The first kappa shape index (κ1) is 23.3. The number of benzene rings is 2. The Hall–Kier alpha value is -3.85. The predicted octanol–water partition coefficient (Wildman–Crippen LogP) is 4.41. The number of thiazole rings is 1. The SMILES string of the molecule is COc1ccc(C(O)=C2C(=O)C(=O)N(c3nc(C)c(C)s3)[C@@H]2c2cccc(OC)c2OC)cc1. The number of aryl methyl sites for hydroxylation is 2. The Balaban J connectivity index is 2.00. The topological polar surface area (TPSA) is 98.2 Å². The van der Waals surface area contributed by atoms with Crippen molar-refractivity contribution in [3.05, 3.63) is 69.7 Å². The molecule has 0 saturated carbocycles. The van der Waals surface area contributed by atoms with E-state index in [0.29, 0.717) is 33.5 Å². The number of amides is 1. The molecular weight excluding hydrogens is 456 g/mol. The van der Waals surface area contributed by atoms with Gasteiger partial charge in [0.2, 0.25) is 0 Å². The minimum Gasteiger partial charge on any atom is -0.507 e. The van der Waals surface area contributed by atoms with E-state index in [2.05, 4.69) is 4.98 Å². The number of aliphatic hydroxyl groups is 1. The van der Waals surface area contributed by atoms with Crippen LogP contribution < -0.4 is 19.1 Å². The van der Waals surface area contributed by atoms with Gasteiger partial charge in [0.25, 0.3) is 5.78 Å². The second-order valence-electron chi connectivity index (χ2n) is 7.62. The zero-order valence-electron chi connectivity index (χ0n) is 19.4. The number of carbonyl (C=O) groups excluding carboxylic acids is 2. The van der Waals surface area contributed by atoms with E-state index in [1.54, 1.807) is 42.5 Å². The molecule has 1 atom stereocenters. The minimum absolute atomic E-state index is 0.0628. The number of hydrogen-bond acceptors (Lipinski definition) is 8. The normalized spacial score (nSPS) is 17.2. The summed E-state index contributed by atoms with van der Waals surface area (Å²) in [5, 5.41) is 11.6. The van der Waals surface area contributed by atoms with Crippen molar-refractivity contribution in [2.24, 2.45) is 0 Å². The highest BCUT2D eigenvalue weighted by Gasteiger charge is 2.49. The fraction of sp³-hybridized carbons (Fsp3) is 0.240. The van der Waals surface area contributed by atoms with Crippen molar-refractivity contribution in [1.29, 1.82) is 0 Å². The van der Waals surface area contributed by atoms with Crippen molar-refractivity contribution < 1.29 is 28.9 Å². The lowest BCUT2D eigenvalue weighted by atomic mass is 9.94. The van der Waals surface area contributed by atoms with Crippen LogP contribution in [0.1, 0.15) is 27.7 Å². The first-order valence-corrected chi connectivity index (χ1v) is 11.2. The molecule has 1 amide bonds. The zero-order chi connectivity index (χ0) is 24.6. The molecule has 3 aromatic rings. The van der Waals surface area contributed by atoms with Crippen LogP contribution in [-0.2, 0) is 9.59 Å². The number of anilines is 1. The lowest BCUT2D eigenvalue weighted by Crippen LogP contribution is -2.29. The number of aliphatic hydroxyl groups excluding tert-OH is 1. The maximum absolute atomic E-state index is 13.3. The fourth-order valence-corrected chi connectivity index (χ4v) is 4.85. The first-order chi connectivity index (χ1) is 16.3. The van der Waals surface area contributed by atoms with Crippen LogP contribution in [0.4, 0.5) is 5.13 Å². The molecule has 9 heteroatoms. The molecule has 1 saturated heterocycles. The number of para-hydroxylation sites is 1. The molecule has 1 N–H and O–H groups in total. The molecule has 1 aliphatic heterocycles. The van der Waals surface area contributed by atoms with Gasteiger partial charge in [-0.05, 0) is 44.2 Å². The number of nitrogens with zero attached hydrogens (tertiary/aromatic N) is 2. The maximum Gasteiger partial charge on any atom is 0.301 e. The van der Waals surface area contributed by atoms with Gasteiger partial charge in [-0.3, -0.25) is 14.5 Å². The average Bonchev–Trinajstić information content (AvgIpc) is 3.32. The van der Waals surface area contributed by atoms with Crippen molar-refractivity contribution in [3.63, 3.8) is 0 Å². The van der Waals surface area contributed by atoms with Crippen molar-refractivity contribution in [2.75, 3.05) is 26.2 Å². The smallest absolute Gasteiger partial charge is 0.301 e. The monoisotopic (exact) mass is 480 g/mol. The summed E-state index contributed by atoms with van der Waals surface area (Å²) < 4.78 is 16.2. The summed E-state index contributed by atoms with van der Waals surface area (Å²) in [5.41, 5.74) is 1.56. The minimum atomic E-state index is -0.975. The summed E-state index contributed by atoms with van der Waals surface area (Å²) in [4.78, 5) is 33.4. The van der Waals surface area contributed by atoms with Gasteiger partial charge in [-0.1, -0.05) is 12.1 Å². The number of ether oxygens (including phenoxy) is 3. The van der Waals surface area contributed by atoms with Gasteiger partial charge in [0.05, 0.1) is 32.6 Å². The molecule has 0 spiro atoms. The zero-order valence-corrected chi connectivity index (χ0v) is 20.2. The number of carbonyl (C=O) groups is 2. The fourth-order valence-electron chi connectivity index (χ4n) is 3.91. The lowest BCUT2D eigenvalue weighted by Gasteiger charge is -2.25. The Morgan fingerprint density at radius 2 is 1.71 bits per heavy atom. The van der Waals surface area contributed by atoms with Gasteiger partial charge >= 0.3 is 5.91 Å². The third-order valence-corrected chi connectivity index (χ3v) is 6.83.